The van der Waals surface area contributed by atoms with Crippen LogP contribution < -0.4 is 4.90 Å². The van der Waals surface area contributed by atoms with Gasteiger partial charge in [-0.25, -0.2) is 9.97 Å². The van der Waals surface area contributed by atoms with Gasteiger partial charge in [-0.1, -0.05) is 11.3 Å². The number of aromatic nitrogens is 3. The smallest absolute Gasteiger partial charge is 0.349 e. The van der Waals surface area contributed by atoms with E-state index < -0.39 is 12.7 Å². The first-order valence-electron chi connectivity index (χ1n) is 8.69. The number of halogens is 3. The van der Waals surface area contributed by atoms with Gasteiger partial charge in [0, 0.05) is 32.5 Å². The number of thiophene rings is 1. The predicted octanol–water partition coefficient (Wildman–Crippen LogP) is 4.24. The van der Waals surface area contributed by atoms with E-state index in [0.29, 0.717) is 4.88 Å². The van der Waals surface area contributed by atoms with Crippen molar-refractivity contribution in [3.63, 3.8) is 0 Å². The van der Waals surface area contributed by atoms with Gasteiger partial charge in [0.2, 0.25) is 0 Å². The molecular weight excluding hydrogens is 411 g/mol. The monoisotopic (exact) mass is 431 g/mol. The van der Waals surface area contributed by atoms with Crippen LogP contribution in [0.2, 0.25) is 0 Å². The molecular formula is C17H20F3N5OS2. The van der Waals surface area contributed by atoms with Crippen LogP contribution in [0.1, 0.15) is 29.3 Å². The number of nitrogens with zero attached hydrogens (tertiary/aromatic N) is 5. The summed E-state index contributed by atoms with van der Waals surface area (Å²) >= 11 is 2.83. The Bertz CT molecular complexity index is 926. The van der Waals surface area contributed by atoms with Gasteiger partial charge in [0.05, 0.1) is 16.1 Å². The van der Waals surface area contributed by atoms with Crippen LogP contribution >= 0.6 is 22.7 Å². The second kappa shape index (κ2) is 8.08. The van der Waals surface area contributed by atoms with E-state index in [2.05, 4.69) is 28.7 Å². The van der Waals surface area contributed by atoms with Gasteiger partial charge in [0.15, 0.2) is 5.13 Å². The molecule has 3 heterocycles. The SMILES string of the molecule is CCN(CC)c1nc2sc(C(=O)N(C)Cc3nccn3CC(F)(F)F)cc2s1. The minimum absolute atomic E-state index is 0.00835. The van der Waals surface area contributed by atoms with Gasteiger partial charge in [0.1, 0.15) is 17.2 Å². The highest BCUT2D eigenvalue weighted by molar-refractivity contribution is 7.29. The number of carbonyl (C=O) groups is 1. The highest BCUT2D eigenvalue weighted by Gasteiger charge is 2.29. The fourth-order valence-electron chi connectivity index (χ4n) is 2.76. The average Bonchev–Trinajstić information content (AvgIpc) is 3.29. The van der Waals surface area contributed by atoms with Crippen molar-refractivity contribution in [2.75, 3.05) is 25.0 Å². The van der Waals surface area contributed by atoms with Crippen LogP contribution in [0.25, 0.3) is 9.53 Å². The zero-order chi connectivity index (χ0) is 20.5. The lowest BCUT2D eigenvalue weighted by atomic mass is 10.4. The van der Waals surface area contributed by atoms with Gasteiger partial charge in [-0.3, -0.25) is 4.79 Å². The molecule has 0 fully saturated rings. The van der Waals surface area contributed by atoms with E-state index >= 15 is 0 Å². The van der Waals surface area contributed by atoms with Gasteiger partial charge in [-0.15, -0.1) is 11.3 Å². The molecule has 0 saturated heterocycles. The Balaban J connectivity index is 1.73. The lowest BCUT2D eigenvalue weighted by Crippen LogP contribution is -2.28. The number of thiazole rings is 1. The van der Waals surface area contributed by atoms with Crippen molar-refractivity contribution in [3.8, 4) is 0 Å². The maximum absolute atomic E-state index is 12.7. The number of carbonyl (C=O) groups excluding carboxylic acids is 1. The summed E-state index contributed by atoms with van der Waals surface area (Å²) in [6.07, 6.45) is -1.77. The molecule has 0 atom stereocenters. The molecule has 0 aliphatic heterocycles. The molecule has 0 saturated carbocycles. The average molecular weight is 432 g/mol. The molecule has 3 aromatic heterocycles. The normalized spacial score (nSPS) is 11.9. The van der Waals surface area contributed by atoms with Crippen LogP contribution in [0.5, 0.6) is 0 Å². The number of imidazole rings is 1. The first-order chi connectivity index (χ1) is 13.2. The van der Waals surface area contributed by atoms with E-state index in [1.54, 1.807) is 13.1 Å². The Kier molecular flexibility index (Phi) is 5.94. The summed E-state index contributed by atoms with van der Waals surface area (Å²) in [5.41, 5.74) is 0. The Labute approximate surface area is 168 Å². The van der Waals surface area contributed by atoms with E-state index in [4.69, 9.17) is 0 Å². The molecule has 28 heavy (non-hydrogen) atoms. The van der Waals surface area contributed by atoms with Crippen molar-refractivity contribution >= 4 is 43.2 Å². The number of amides is 1. The lowest BCUT2D eigenvalue weighted by Gasteiger charge is -2.17. The Morgan fingerprint density at radius 1 is 1.25 bits per heavy atom. The third kappa shape index (κ3) is 4.46. The molecule has 11 heteroatoms. The van der Waals surface area contributed by atoms with Crippen molar-refractivity contribution in [2.45, 2.75) is 33.1 Å². The molecule has 0 spiro atoms. The summed E-state index contributed by atoms with van der Waals surface area (Å²) in [5.74, 6) is -0.0744. The number of rotatable bonds is 7. The van der Waals surface area contributed by atoms with Gasteiger partial charge in [-0.05, 0) is 19.9 Å². The van der Waals surface area contributed by atoms with Gasteiger partial charge in [-0.2, -0.15) is 13.2 Å². The molecule has 6 nitrogen and oxygen atoms in total. The van der Waals surface area contributed by atoms with Crippen molar-refractivity contribution in [1.29, 1.82) is 0 Å². The first kappa shape index (κ1) is 20.6. The van der Waals surface area contributed by atoms with Crippen LogP contribution in [0.15, 0.2) is 18.5 Å². The zero-order valence-electron chi connectivity index (χ0n) is 15.7. The van der Waals surface area contributed by atoms with Crippen LogP contribution in [0.4, 0.5) is 18.3 Å². The first-order valence-corrected chi connectivity index (χ1v) is 10.3. The topological polar surface area (TPSA) is 54.3 Å². The molecule has 0 N–H and O–H groups in total. The van der Waals surface area contributed by atoms with Crippen LogP contribution in [-0.2, 0) is 13.1 Å². The Morgan fingerprint density at radius 2 is 1.96 bits per heavy atom. The molecule has 0 aliphatic rings. The standard InChI is InChI=1S/C17H20F3N5OS2/c1-4-24(5-2)16-22-14-11(28-16)8-12(27-14)15(26)23(3)9-13-21-6-7-25(13)10-17(18,19)20/h6-8H,4-5,9-10H2,1-3H3. The number of hydrogen-bond acceptors (Lipinski definition) is 6. The predicted molar refractivity (Wildman–Crippen MR) is 105 cm³/mol. The van der Waals surface area contributed by atoms with Crippen molar-refractivity contribution < 1.29 is 18.0 Å². The minimum atomic E-state index is -4.34. The molecule has 3 aromatic rings. The second-order valence-corrected chi connectivity index (χ2v) is 8.24. The summed E-state index contributed by atoms with van der Waals surface area (Å²) in [4.78, 5) is 26.1. The molecule has 152 valence electrons. The van der Waals surface area contributed by atoms with Gasteiger partial charge in [0.25, 0.3) is 5.91 Å². The largest absolute Gasteiger partial charge is 0.406 e. The number of fused-ring (bicyclic) bond motifs is 1. The molecule has 0 bridgehead atoms. The number of hydrogen-bond donors (Lipinski definition) is 0. The quantitative estimate of drug-likeness (QED) is 0.562. The molecule has 0 aliphatic carbocycles. The van der Waals surface area contributed by atoms with Gasteiger partial charge >= 0.3 is 6.18 Å². The molecule has 0 unspecified atom stereocenters. The van der Waals surface area contributed by atoms with E-state index in [1.807, 2.05) is 0 Å². The van der Waals surface area contributed by atoms with Gasteiger partial charge < -0.3 is 14.4 Å². The molecule has 3 rings (SSSR count). The summed E-state index contributed by atoms with van der Waals surface area (Å²) in [6.45, 7) is 4.70. The maximum Gasteiger partial charge on any atom is 0.406 e. The zero-order valence-corrected chi connectivity index (χ0v) is 17.3. The fourth-order valence-corrected chi connectivity index (χ4v) is 5.09. The van der Waals surface area contributed by atoms with Crippen molar-refractivity contribution in [2.24, 2.45) is 0 Å². The molecule has 1 amide bonds. The minimum Gasteiger partial charge on any atom is -0.349 e. The lowest BCUT2D eigenvalue weighted by molar-refractivity contribution is -0.141. The summed E-state index contributed by atoms with van der Waals surface area (Å²) in [7, 11) is 1.55. The summed E-state index contributed by atoms with van der Waals surface area (Å²) in [5, 5.41) is 0.924. The van der Waals surface area contributed by atoms with Crippen molar-refractivity contribution in [3.05, 3.63) is 29.2 Å². The second-order valence-electron chi connectivity index (χ2n) is 6.20. The van der Waals surface area contributed by atoms with Crippen LogP contribution in [0.3, 0.4) is 0 Å². The summed E-state index contributed by atoms with van der Waals surface area (Å²) in [6, 6.07) is 1.80. The van der Waals surface area contributed by atoms with Crippen LogP contribution in [0, 0.1) is 0 Å². The third-order valence-corrected chi connectivity index (χ3v) is 6.41. The summed E-state index contributed by atoms with van der Waals surface area (Å²) < 4.78 is 39.9. The van der Waals surface area contributed by atoms with E-state index in [0.717, 1.165) is 32.3 Å². The highest BCUT2D eigenvalue weighted by Crippen LogP contribution is 2.35. The van der Waals surface area contributed by atoms with E-state index in [9.17, 15) is 18.0 Å². The Morgan fingerprint density at radius 3 is 2.57 bits per heavy atom. The number of anilines is 1. The third-order valence-electron chi connectivity index (χ3n) is 4.20. The number of alkyl halides is 3. The fraction of sp³-hybridized carbons (Fsp3) is 0.471. The van der Waals surface area contributed by atoms with E-state index in [1.165, 1.54) is 40.0 Å². The van der Waals surface area contributed by atoms with Crippen molar-refractivity contribution in [1.82, 2.24) is 19.4 Å². The molecule has 0 aromatic carbocycles. The Hall–Kier alpha value is -2.14. The molecule has 0 radical (unpaired) electrons. The highest BCUT2D eigenvalue weighted by atomic mass is 32.1. The maximum atomic E-state index is 12.7. The van der Waals surface area contributed by atoms with Crippen LogP contribution in [-0.4, -0.2) is 51.7 Å². The van der Waals surface area contributed by atoms with E-state index in [-0.39, 0.29) is 18.3 Å².